The number of thiazole rings is 1. The zero-order chi connectivity index (χ0) is 18.4. The van der Waals surface area contributed by atoms with E-state index in [1.807, 2.05) is 35.7 Å². The number of halogens is 1. The van der Waals surface area contributed by atoms with Crippen LogP contribution in [-0.4, -0.2) is 22.7 Å². The largest absolute Gasteiger partial charge is 0.325 e. The Morgan fingerprint density at radius 2 is 1.81 bits per heavy atom. The fourth-order valence-corrected chi connectivity index (χ4v) is 3.71. The van der Waals surface area contributed by atoms with Crippen LogP contribution in [0.3, 0.4) is 0 Å². The maximum atomic E-state index is 13.5. The molecule has 3 amide bonds. The average Bonchev–Trinajstić information content (AvgIpc) is 3.12. The molecule has 0 unspecified atom stereocenters. The highest BCUT2D eigenvalue weighted by Gasteiger charge is 2.12. The van der Waals surface area contributed by atoms with E-state index >= 15 is 0 Å². The van der Waals surface area contributed by atoms with E-state index in [4.69, 9.17) is 0 Å². The van der Waals surface area contributed by atoms with Gasteiger partial charge in [0, 0.05) is 10.9 Å². The van der Waals surface area contributed by atoms with E-state index in [0.29, 0.717) is 0 Å². The van der Waals surface area contributed by atoms with E-state index < -0.39 is 17.8 Å². The maximum Gasteiger partial charge on any atom is 0.325 e. The Morgan fingerprint density at radius 1 is 1.08 bits per heavy atom. The third-order valence-corrected chi connectivity index (χ3v) is 5.28. The van der Waals surface area contributed by atoms with Crippen molar-refractivity contribution in [2.24, 2.45) is 0 Å². The number of imide groups is 1. The number of para-hydroxylation sites is 1. The zero-order valence-electron chi connectivity index (χ0n) is 13.4. The Kier molecular flexibility index (Phi) is 5.98. The molecule has 0 fully saturated rings. The summed E-state index contributed by atoms with van der Waals surface area (Å²) in [6, 6.07) is 14.7. The molecule has 2 N–H and O–H groups in total. The van der Waals surface area contributed by atoms with Gasteiger partial charge in [-0.2, -0.15) is 0 Å². The molecule has 0 saturated heterocycles. The average molecular weight is 387 g/mol. The summed E-state index contributed by atoms with van der Waals surface area (Å²) in [7, 11) is 0. The van der Waals surface area contributed by atoms with Crippen molar-refractivity contribution in [3.63, 3.8) is 0 Å². The normalized spacial score (nSPS) is 10.3. The maximum absolute atomic E-state index is 13.5. The Balaban J connectivity index is 1.49. The van der Waals surface area contributed by atoms with Crippen LogP contribution >= 0.6 is 23.1 Å². The molecule has 0 bridgehead atoms. The van der Waals surface area contributed by atoms with Crippen molar-refractivity contribution in [2.45, 2.75) is 4.34 Å². The molecule has 0 aliphatic carbocycles. The number of carbonyl (C=O) groups excluding carboxylic acids is 2. The predicted octanol–water partition coefficient (Wildman–Crippen LogP) is 4.39. The molecule has 3 aromatic rings. The quantitative estimate of drug-likeness (QED) is 0.637. The standard InChI is InChI=1S/C18H14FN3O2S2/c19-13-8-4-5-9-14(13)20-17(24)22-16(23)11-26-18-21-15(10-25-18)12-6-2-1-3-7-12/h1-10H,11H2,(H2,20,22,23,24). The van der Waals surface area contributed by atoms with Gasteiger partial charge in [0.25, 0.3) is 0 Å². The van der Waals surface area contributed by atoms with Crippen LogP contribution < -0.4 is 10.6 Å². The van der Waals surface area contributed by atoms with Crippen molar-refractivity contribution in [1.82, 2.24) is 10.3 Å². The van der Waals surface area contributed by atoms with Crippen LogP contribution in [0.4, 0.5) is 14.9 Å². The van der Waals surface area contributed by atoms with Gasteiger partial charge in [0.1, 0.15) is 5.82 Å². The lowest BCUT2D eigenvalue weighted by atomic mass is 10.2. The van der Waals surface area contributed by atoms with Gasteiger partial charge in [-0.25, -0.2) is 14.2 Å². The second kappa shape index (κ2) is 8.59. The van der Waals surface area contributed by atoms with Gasteiger partial charge in [-0.3, -0.25) is 10.1 Å². The number of hydrogen-bond donors (Lipinski definition) is 2. The topological polar surface area (TPSA) is 71.1 Å². The summed E-state index contributed by atoms with van der Waals surface area (Å²) in [6.07, 6.45) is 0. The third kappa shape index (κ3) is 4.90. The molecule has 0 aliphatic heterocycles. The SMILES string of the molecule is O=C(CSc1nc(-c2ccccc2)cs1)NC(=O)Nc1ccccc1F. The molecular weight excluding hydrogens is 373 g/mol. The highest BCUT2D eigenvalue weighted by Crippen LogP contribution is 2.27. The van der Waals surface area contributed by atoms with Gasteiger partial charge in [0.05, 0.1) is 17.1 Å². The second-order valence-electron chi connectivity index (χ2n) is 5.14. The number of thioether (sulfide) groups is 1. The molecular formula is C18H14FN3O2S2. The molecule has 2 aromatic carbocycles. The number of urea groups is 1. The van der Waals surface area contributed by atoms with E-state index in [-0.39, 0.29) is 11.4 Å². The van der Waals surface area contributed by atoms with Crippen LogP contribution in [0.2, 0.25) is 0 Å². The van der Waals surface area contributed by atoms with Crippen molar-refractivity contribution < 1.29 is 14.0 Å². The summed E-state index contributed by atoms with van der Waals surface area (Å²) >= 11 is 2.67. The summed E-state index contributed by atoms with van der Waals surface area (Å²) < 4.78 is 14.2. The van der Waals surface area contributed by atoms with Crippen molar-refractivity contribution in [3.05, 3.63) is 65.8 Å². The molecule has 8 heteroatoms. The number of rotatable bonds is 5. The van der Waals surface area contributed by atoms with Crippen LogP contribution in [0.25, 0.3) is 11.3 Å². The molecule has 0 radical (unpaired) electrons. The highest BCUT2D eigenvalue weighted by molar-refractivity contribution is 8.01. The first-order valence-corrected chi connectivity index (χ1v) is 9.47. The van der Waals surface area contributed by atoms with Crippen molar-refractivity contribution in [2.75, 3.05) is 11.1 Å². The van der Waals surface area contributed by atoms with Gasteiger partial charge in [-0.15, -0.1) is 11.3 Å². The number of benzene rings is 2. The van der Waals surface area contributed by atoms with E-state index in [2.05, 4.69) is 15.6 Å². The fraction of sp³-hybridized carbons (Fsp3) is 0.0556. The molecule has 132 valence electrons. The lowest BCUT2D eigenvalue weighted by Crippen LogP contribution is -2.35. The Bertz CT molecular complexity index is 916. The Labute approximate surface area is 157 Å². The number of hydrogen-bond acceptors (Lipinski definition) is 5. The summed E-state index contributed by atoms with van der Waals surface area (Å²) in [4.78, 5) is 28.1. The third-order valence-electron chi connectivity index (χ3n) is 3.25. The molecule has 1 heterocycles. The van der Waals surface area contributed by atoms with Crippen LogP contribution in [0.15, 0.2) is 64.3 Å². The number of amides is 3. The fourth-order valence-electron chi connectivity index (χ4n) is 2.07. The minimum atomic E-state index is -0.773. The van der Waals surface area contributed by atoms with E-state index in [1.54, 1.807) is 6.07 Å². The lowest BCUT2D eigenvalue weighted by molar-refractivity contribution is -0.117. The first kappa shape index (κ1) is 18.1. The molecule has 3 rings (SSSR count). The van der Waals surface area contributed by atoms with Crippen molar-refractivity contribution >= 4 is 40.7 Å². The second-order valence-corrected chi connectivity index (χ2v) is 7.22. The Morgan fingerprint density at radius 3 is 2.58 bits per heavy atom. The summed E-state index contributed by atoms with van der Waals surface area (Å²) in [5.74, 6) is -1.02. The molecule has 5 nitrogen and oxygen atoms in total. The van der Waals surface area contributed by atoms with Gasteiger partial charge < -0.3 is 5.32 Å². The summed E-state index contributed by atoms with van der Waals surface area (Å²) in [6.45, 7) is 0. The van der Waals surface area contributed by atoms with Gasteiger partial charge in [-0.1, -0.05) is 54.2 Å². The van der Waals surface area contributed by atoms with Crippen LogP contribution in [0.5, 0.6) is 0 Å². The summed E-state index contributed by atoms with van der Waals surface area (Å²) in [5.41, 5.74) is 1.86. The van der Waals surface area contributed by atoms with E-state index in [1.165, 1.54) is 41.3 Å². The number of aromatic nitrogens is 1. The first-order valence-electron chi connectivity index (χ1n) is 7.61. The highest BCUT2D eigenvalue weighted by atomic mass is 32.2. The van der Waals surface area contributed by atoms with Crippen LogP contribution in [0.1, 0.15) is 0 Å². The smallest absolute Gasteiger partial charge is 0.305 e. The zero-order valence-corrected chi connectivity index (χ0v) is 15.1. The predicted molar refractivity (Wildman–Crippen MR) is 102 cm³/mol. The first-order chi connectivity index (χ1) is 12.6. The lowest BCUT2D eigenvalue weighted by Gasteiger charge is -2.06. The van der Waals surface area contributed by atoms with Crippen molar-refractivity contribution in [1.29, 1.82) is 0 Å². The van der Waals surface area contributed by atoms with Gasteiger partial charge >= 0.3 is 6.03 Å². The van der Waals surface area contributed by atoms with E-state index in [9.17, 15) is 14.0 Å². The molecule has 26 heavy (non-hydrogen) atoms. The van der Waals surface area contributed by atoms with Gasteiger partial charge in [-0.05, 0) is 12.1 Å². The number of nitrogens with zero attached hydrogens (tertiary/aromatic N) is 1. The van der Waals surface area contributed by atoms with Gasteiger partial charge in [0.2, 0.25) is 5.91 Å². The van der Waals surface area contributed by atoms with Crippen LogP contribution in [-0.2, 0) is 4.79 Å². The summed E-state index contributed by atoms with van der Waals surface area (Å²) in [5, 5.41) is 6.38. The molecule has 0 saturated carbocycles. The Hall–Kier alpha value is -2.71. The minimum absolute atomic E-state index is 0.0119. The monoisotopic (exact) mass is 387 g/mol. The molecule has 0 spiro atoms. The van der Waals surface area contributed by atoms with E-state index in [0.717, 1.165) is 15.6 Å². The van der Waals surface area contributed by atoms with Gasteiger partial charge in [0.15, 0.2) is 4.34 Å². The van der Waals surface area contributed by atoms with Crippen LogP contribution in [0, 0.1) is 5.82 Å². The molecule has 1 aromatic heterocycles. The minimum Gasteiger partial charge on any atom is -0.305 e. The number of carbonyl (C=O) groups is 2. The number of anilines is 1. The number of nitrogens with one attached hydrogen (secondary N) is 2. The molecule has 0 aliphatic rings. The van der Waals surface area contributed by atoms with Crippen molar-refractivity contribution in [3.8, 4) is 11.3 Å². The molecule has 0 atom stereocenters.